The van der Waals surface area contributed by atoms with Crippen molar-refractivity contribution in [2.75, 3.05) is 7.05 Å². The lowest BCUT2D eigenvalue weighted by Gasteiger charge is -2.38. The number of carboxylic acids is 1. The molecule has 4 heteroatoms. The topological polar surface area (TPSA) is 49.8 Å². The summed E-state index contributed by atoms with van der Waals surface area (Å²) in [5, 5.41) is 10.3. The lowest BCUT2D eigenvalue weighted by Crippen LogP contribution is -2.39. The Morgan fingerprint density at radius 3 is 2.28 bits per heavy atom. The third kappa shape index (κ3) is 4.92. The molecule has 2 aromatic carbocycles. The third-order valence-electron chi connectivity index (χ3n) is 6.71. The molecule has 1 heterocycles. The normalized spacial score (nSPS) is 17.8. The van der Waals surface area contributed by atoms with Crippen LogP contribution in [0.2, 0.25) is 0 Å². The maximum Gasteiger partial charge on any atom is 0.337 e. The van der Waals surface area contributed by atoms with E-state index < -0.39 is 17.7 Å². The van der Waals surface area contributed by atoms with Crippen molar-refractivity contribution in [3.05, 3.63) is 57.6 Å². The van der Waals surface area contributed by atoms with E-state index in [4.69, 9.17) is 4.74 Å². The molecular formula is C28H39NO3. The number of rotatable bonds is 6. The number of likely N-dealkylation sites (N-methyl/N-ethyl adjacent to an activating group) is 1. The minimum absolute atomic E-state index is 0.517. The molecular weight excluding hydrogens is 398 g/mol. The maximum atomic E-state index is 12.5. The van der Waals surface area contributed by atoms with Gasteiger partial charge in [0.1, 0.15) is 0 Å². The van der Waals surface area contributed by atoms with E-state index >= 15 is 0 Å². The van der Waals surface area contributed by atoms with Gasteiger partial charge in [0.05, 0.1) is 5.60 Å². The number of hydrogen-bond donors (Lipinski definition) is 1. The van der Waals surface area contributed by atoms with Gasteiger partial charge >= 0.3 is 5.97 Å². The van der Waals surface area contributed by atoms with Crippen LogP contribution in [0.1, 0.15) is 80.0 Å². The van der Waals surface area contributed by atoms with Gasteiger partial charge in [-0.3, -0.25) is 4.90 Å². The van der Waals surface area contributed by atoms with E-state index in [2.05, 4.69) is 63.9 Å². The molecule has 0 bridgehead atoms. The van der Waals surface area contributed by atoms with Crippen molar-refractivity contribution in [2.45, 2.75) is 92.0 Å². The van der Waals surface area contributed by atoms with E-state index in [9.17, 15) is 9.90 Å². The fraction of sp³-hybridized carbons (Fsp3) is 0.536. The van der Waals surface area contributed by atoms with Gasteiger partial charge in [0, 0.05) is 18.2 Å². The van der Waals surface area contributed by atoms with Crippen molar-refractivity contribution in [1.29, 1.82) is 0 Å². The Morgan fingerprint density at radius 2 is 1.75 bits per heavy atom. The second-order valence-electron chi connectivity index (χ2n) is 10.4. The Hall–Kier alpha value is -2.17. The first kappa shape index (κ1) is 24.5. The highest BCUT2D eigenvalue weighted by Gasteiger charge is 2.35. The van der Waals surface area contributed by atoms with Crippen molar-refractivity contribution in [1.82, 2.24) is 4.90 Å². The molecule has 1 unspecified atom stereocenters. The van der Waals surface area contributed by atoms with Crippen LogP contribution in [-0.2, 0) is 22.5 Å². The lowest BCUT2D eigenvalue weighted by molar-refractivity contribution is -0.160. The Labute approximate surface area is 193 Å². The van der Waals surface area contributed by atoms with E-state index in [1.165, 1.54) is 28.7 Å². The minimum atomic E-state index is -1.02. The number of benzene rings is 2. The SMILES string of the molecule is CCCC1Cc2c(C)c(-c3ccc(C)cc3)c([C@H](OC(C)(C)C)C(=O)O)c(C)c2CN1C. The molecule has 2 atom stereocenters. The van der Waals surface area contributed by atoms with Crippen LogP contribution < -0.4 is 0 Å². The highest BCUT2D eigenvalue weighted by atomic mass is 16.5. The Balaban J connectivity index is 2.32. The minimum Gasteiger partial charge on any atom is -0.479 e. The van der Waals surface area contributed by atoms with Crippen LogP contribution >= 0.6 is 0 Å². The smallest absolute Gasteiger partial charge is 0.337 e. The van der Waals surface area contributed by atoms with Crippen LogP contribution in [0.3, 0.4) is 0 Å². The van der Waals surface area contributed by atoms with Crippen molar-refractivity contribution in [2.24, 2.45) is 0 Å². The average molecular weight is 438 g/mol. The zero-order valence-electron chi connectivity index (χ0n) is 21.0. The molecule has 0 fully saturated rings. The molecule has 0 saturated carbocycles. The molecule has 0 aliphatic carbocycles. The summed E-state index contributed by atoms with van der Waals surface area (Å²) in [5.74, 6) is -0.941. The van der Waals surface area contributed by atoms with Crippen molar-refractivity contribution in [3.63, 3.8) is 0 Å². The highest BCUT2D eigenvalue weighted by Crippen LogP contribution is 2.43. The largest absolute Gasteiger partial charge is 0.479 e. The molecule has 0 radical (unpaired) electrons. The molecule has 174 valence electrons. The summed E-state index contributed by atoms with van der Waals surface area (Å²) in [4.78, 5) is 14.9. The second-order valence-corrected chi connectivity index (χ2v) is 10.4. The number of nitrogens with zero attached hydrogens (tertiary/aromatic N) is 1. The van der Waals surface area contributed by atoms with Crippen LogP contribution in [0.15, 0.2) is 24.3 Å². The number of fused-ring (bicyclic) bond motifs is 1. The number of aliphatic carboxylic acids is 1. The summed E-state index contributed by atoms with van der Waals surface area (Å²) in [5.41, 5.74) is 8.41. The molecule has 0 spiro atoms. The molecule has 1 aliphatic heterocycles. The van der Waals surface area contributed by atoms with E-state index in [0.717, 1.165) is 41.6 Å². The fourth-order valence-corrected chi connectivity index (χ4v) is 5.08. The first-order valence-electron chi connectivity index (χ1n) is 11.8. The monoisotopic (exact) mass is 437 g/mol. The van der Waals surface area contributed by atoms with Gasteiger partial charge in [0.2, 0.25) is 0 Å². The van der Waals surface area contributed by atoms with Gasteiger partial charge in [-0.2, -0.15) is 0 Å². The van der Waals surface area contributed by atoms with Crippen molar-refractivity contribution < 1.29 is 14.6 Å². The first-order chi connectivity index (χ1) is 14.9. The van der Waals surface area contributed by atoms with E-state index in [1.807, 2.05) is 20.8 Å². The van der Waals surface area contributed by atoms with Gasteiger partial charge < -0.3 is 9.84 Å². The summed E-state index contributed by atoms with van der Waals surface area (Å²) in [6, 6.07) is 8.94. The summed E-state index contributed by atoms with van der Waals surface area (Å²) >= 11 is 0. The van der Waals surface area contributed by atoms with Crippen LogP contribution in [0, 0.1) is 20.8 Å². The van der Waals surface area contributed by atoms with Gasteiger partial charge in [-0.25, -0.2) is 4.79 Å². The maximum absolute atomic E-state index is 12.5. The first-order valence-corrected chi connectivity index (χ1v) is 11.8. The fourth-order valence-electron chi connectivity index (χ4n) is 5.08. The molecule has 1 aliphatic rings. The zero-order valence-corrected chi connectivity index (χ0v) is 21.0. The predicted octanol–water partition coefficient (Wildman–Crippen LogP) is 6.38. The number of aryl methyl sites for hydroxylation is 1. The Kier molecular flexibility index (Phi) is 7.16. The Morgan fingerprint density at radius 1 is 1.12 bits per heavy atom. The van der Waals surface area contributed by atoms with Crippen LogP contribution in [0.4, 0.5) is 0 Å². The van der Waals surface area contributed by atoms with Crippen LogP contribution in [-0.4, -0.2) is 34.7 Å². The summed E-state index contributed by atoms with van der Waals surface area (Å²) in [6.45, 7) is 15.2. The van der Waals surface area contributed by atoms with Crippen LogP contribution in [0.5, 0.6) is 0 Å². The van der Waals surface area contributed by atoms with E-state index in [1.54, 1.807) is 0 Å². The standard InChI is InChI=1S/C28H39NO3/c1-9-10-21-15-22-18(3)24(20-13-11-17(2)12-14-20)25(19(4)23(22)16-29(21)8)26(27(30)31)32-28(5,6)7/h11-14,21,26H,9-10,15-16H2,1-8H3,(H,30,31)/t21?,26-/m0/s1. The molecule has 1 N–H and O–H groups in total. The molecule has 0 aromatic heterocycles. The van der Waals surface area contributed by atoms with Crippen LogP contribution in [0.25, 0.3) is 11.1 Å². The number of hydrogen-bond acceptors (Lipinski definition) is 3. The summed E-state index contributed by atoms with van der Waals surface area (Å²) in [7, 11) is 2.19. The average Bonchev–Trinajstić information content (AvgIpc) is 2.70. The van der Waals surface area contributed by atoms with E-state index in [-0.39, 0.29) is 0 Å². The van der Waals surface area contributed by atoms with Gasteiger partial charge in [-0.05, 0) is 94.8 Å². The lowest BCUT2D eigenvalue weighted by atomic mass is 9.78. The molecule has 3 rings (SSSR count). The van der Waals surface area contributed by atoms with Gasteiger partial charge in [0.25, 0.3) is 0 Å². The van der Waals surface area contributed by atoms with Crippen molar-refractivity contribution >= 4 is 5.97 Å². The van der Waals surface area contributed by atoms with Gasteiger partial charge in [0.15, 0.2) is 6.10 Å². The third-order valence-corrected chi connectivity index (χ3v) is 6.71. The highest BCUT2D eigenvalue weighted by molar-refractivity contribution is 5.84. The Bertz CT molecular complexity index is 985. The zero-order chi connectivity index (χ0) is 23.8. The predicted molar refractivity (Wildman–Crippen MR) is 131 cm³/mol. The molecule has 0 saturated heterocycles. The number of carbonyl (C=O) groups is 1. The molecule has 32 heavy (non-hydrogen) atoms. The number of carboxylic acid groups (broad SMARTS) is 1. The van der Waals surface area contributed by atoms with E-state index in [0.29, 0.717) is 6.04 Å². The quantitative estimate of drug-likeness (QED) is 0.570. The molecule has 4 nitrogen and oxygen atoms in total. The van der Waals surface area contributed by atoms with Gasteiger partial charge in [-0.1, -0.05) is 43.2 Å². The van der Waals surface area contributed by atoms with Crippen molar-refractivity contribution in [3.8, 4) is 11.1 Å². The number of ether oxygens (including phenoxy) is 1. The molecule has 2 aromatic rings. The van der Waals surface area contributed by atoms with Gasteiger partial charge in [-0.15, -0.1) is 0 Å². The summed E-state index contributed by atoms with van der Waals surface area (Å²) in [6.07, 6.45) is 2.31. The second kappa shape index (κ2) is 9.36. The summed E-state index contributed by atoms with van der Waals surface area (Å²) < 4.78 is 6.17. The molecule has 0 amide bonds.